The molecule has 0 aliphatic carbocycles. The lowest BCUT2D eigenvalue weighted by Crippen LogP contribution is -2.19. The zero-order valence-electron chi connectivity index (χ0n) is 8.75. The monoisotopic (exact) mass is 227 g/mol. The molecule has 0 aromatic carbocycles. The van der Waals surface area contributed by atoms with Gasteiger partial charge in [0.25, 0.3) is 0 Å². The molecule has 1 aromatic heterocycles. The molecule has 0 aliphatic heterocycles. The standard InChI is InChI=1S/C8H13N5O3/c1-2-5(14)3-10-8-6(13(15)16)7(9)11-4-12-8/h4-5,14H,2-3H2,1H3,(H3,9,10,11,12). The number of hydrogen-bond donors (Lipinski definition) is 3. The van der Waals surface area contributed by atoms with E-state index in [9.17, 15) is 15.2 Å². The Labute approximate surface area is 91.7 Å². The van der Waals surface area contributed by atoms with Gasteiger partial charge < -0.3 is 16.2 Å². The number of aliphatic hydroxyl groups excluding tert-OH is 1. The molecule has 8 nitrogen and oxygen atoms in total. The van der Waals surface area contributed by atoms with Gasteiger partial charge in [0.1, 0.15) is 6.33 Å². The van der Waals surface area contributed by atoms with Gasteiger partial charge in [-0.3, -0.25) is 10.1 Å². The summed E-state index contributed by atoms with van der Waals surface area (Å²) in [6, 6.07) is 0. The fraction of sp³-hybridized carbons (Fsp3) is 0.500. The van der Waals surface area contributed by atoms with Gasteiger partial charge in [-0.2, -0.15) is 0 Å². The van der Waals surface area contributed by atoms with Crippen molar-refractivity contribution in [1.29, 1.82) is 0 Å². The van der Waals surface area contributed by atoms with E-state index < -0.39 is 11.0 Å². The minimum absolute atomic E-state index is 0.0185. The SMILES string of the molecule is CCC(O)CNc1ncnc(N)c1[N+](=O)[O-]. The van der Waals surface area contributed by atoms with Crippen molar-refractivity contribution in [2.45, 2.75) is 19.4 Å². The third-order valence-corrected chi connectivity index (χ3v) is 2.01. The number of hydrogen-bond acceptors (Lipinski definition) is 7. The number of nitrogens with one attached hydrogen (secondary N) is 1. The first-order valence-electron chi connectivity index (χ1n) is 4.73. The maximum atomic E-state index is 10.7. The van der Waals surface area contributed by atoms with Gasteiger partial charge in [0.05, 0.1) is 11.0 Å². The molecule has 0 amide bonds. The Bertz CT molecular complexity index is 384. The Kier molecular flexibility index (Phi) is 3.95. The van der Waals surface area contributed by atoms with Crippen LogP contribution >= 0.6 is 0 Å². The quantitative estimate of drug-likeness (QED) is 0.482. The minimum Gasteiger partial charge on any atom is -0.391 e. The molecule has 1 atom stereocenters. The van der Waals surface area contributed by atoms with Gasteiger partial charge in [0, 0.05) is 6.54 Å². The van der Waals surface area contributed by atoms with Crippen molar-refractivity contribution in [3.63, 3.8) is 0 Å². The van der Waals surface area contributed by atoms with E-state index in [4.69, 9.17) is 5.73 Å². The minimum atomic E-state index is -0.657. The molecular weight excluding hydrogens is 214 g/mol. The Morgan fingerprint density at radius 1 is 1.69 bits per heavy atom. The molecule has 0 bridgehead atoms. The molecule has 0 fully saturated rings. The molecule has 8 heteroatoms. The Hall–Kier alpha value is -1.96. The fourth-order valence-corrected chi connectivity index (χ4v) is 1.06. The number of nitrogen functional groups attached to an aromatic ring is 1. The predicted octanol–water partition coefficient (Wildman–Crippen LogP) is 0.150. The molecule has 1 unspecified atom stereocenters. The third kappa shape index (κ3) is 2.76. The van der Waals surface area contributed by atoms with Gasteiger partial charge in [0.15, 0.2) is 0 Å². The summed E-state index contributed by atoms with van der Waals surface area (Å²) in [6.45, 7) is 1.98. The summed E-state index contributed by atoms with van der Waals surface area (Å²) >= 11 is 0. The highest BCUT2D eigenvalue weighted by Crippen LogP contribution is 2.25. The van der Waals surface area contributed by atoms with E-state index >= 15 is 0 Å². The molecule has 16 heavy (non-hydrogen) atoms. The topological polar surface area (TPSA) is 127 Å². The number of anilines is 2. The van der Waals surface area contributed by atoms with Crippen molar-refractivity contribution in [1.82, 2.24) is 9.97 Å². The van der Waals surface area contributed by atoms with Crippen LogP contribution in [0.5, 0.6) is 0 Å². The van der Waals surface area contributed by atoms with Crippen LogP contribution in [0.2, 0.25) is 0 Å². The number of rotatable bonds is 5. The van der Waals surface area contributed by atoms with Crippen LogP contribution < -0.4 is 11.1 Å². The number of nitrogens with zero attached hydrogens (tertiary/aromatic N) is 3. The van der Waals surface area contributed by atoms with Crippen LogP contribution in [0.25, 0.3) is 0 Å². The normalized spacial score (nSPS) is 12.1. The van der Waals surface area contributed by atoms with Gasteiger partial charge in [-0.1, -0.05) is 6.92 Å². The molecule has 88 valence electrons. The van der Waals surface area contributed by atoms with E-state index in [1.54, 1.807) is 6.92 Å². The summed E-state index contributed by atoms with van der Waals surface area (Å²) in [5, 5.41) is 22.7. The van der Waals surface area contributed by atoms with E-state index in [1.165, 1.54) is 0 Å². The second kappa shape index (κ2) is 5.21. The van der Waals surface area contributed by atoms with Gasteiger partial charge in [-0.25, -0.2) is 9.97 Å². The lowest BCUT2D eigenvalue weighted by molar-refractivity contribution is -0.383. The number of nitrogens with two attached hydrogens (primary N) is 1. The van der Waals surface area contributed by atoms with Crippen LogP contribution in [-0.4, -0.2) is 32.6 Å². The molecule has 1 heterocycles. The first-order chi connectivity index (χ1) is 7.56. The highest BCUT2D eigenvalue weighted by Gasteiger charge is 2.20. The molecule has 4 N–H and O–H groups in total. The predicted molar refractivity (Wildman–Crippen MR) is 57.9 cm³/mol. The third-order valence-electron chi connectivity index (χ3n) is 2.01. The van der Waals surface area contributed by atoms with E-state index in [2.05, 4.69) is 15.3 Å². The summed E-state index contributed by atoms with van der Waals surface area (Å²) < 4.78 is 0. The summed E-state index contributed by atoms with van der Waals surface area (Å²) in [7, 11) is 0. The van der Waals surface area contributed by atoms with Crippen molar-refractivity contribution in [3.8, 4) is 0 Å². The lowest BCUT2D eigenvalue weighted by atomic mass is 10.3. The van der Waals surface area contributed by atoms with Gasteiger partial charge in [-0.05, 0) is 6.42 Å². The van der Waals surface area contributed by atoms with Crippen molar-refractivity contribution in [2.75, 3.05) is 17.6 Å². The van der Waals surface area contributed by atoms with Crippen LogP contribution in [-0.2, 0) is 0 Å². The van der Waals surface area contributed by atoms with Gasteiger partial charge >= 0.3 is 5.69 Å². The first-order valence-corrected chi connectivity index (χ1v) is 4.73. The fourth-order valence-electron chi connectivity index (χ4n) is 1.06. The van der Waals surface area contributed by atoms with Crippen LogP contribution in [0.15, 0.2) is 6.33 Å². The van der Waals surface area contributed by atoms with Crippen molar-refractivity contribution in [3.05, 3.63) is 16.4 Å². The number of aromatic nitrogens is 2. The molecule has 0 aliphatic rings. The zero-order valence-corrected chi connectivity index (χ0v) is 8.75. The smallest absolute Gasteiger partial charge is 0.352 e. The van der Waals surface area contributed by atoms with Gasteiger partial charge in [-0.15, -0.1) is 0 Å². The largest absolute Gasteiger partial charge is 0.391 e. The summed E-state index contributed by atoms with van der Waals surface area (Å²) in [6.07, 6.45) is 1.08. The molecule has 0 radical (unpaired) electrons. The average Bonchev–Trinajstić information content (AvgIpc) is 2.25. The van der Waals surface area contributed by atoms with E-state index in [0.29, 0.717) is 6.42 Å². The first kappa shape index (κ1) is 12.1. The number of aliphatic hydroxyl groups is 1. The zero-order chi connectivity index (χ0) is 12.1. The summed E-state index contributed by atoms with van der Waals surface area (Å²) in [5.41, 5.74) is 5.00. The van der Waals surface area contributed by atoms with Crippen molar-refractivity contribution < 1.29 is 10.0 Å². The summed E-state index contributed by atoms with van der Waals surface area (Å²) in [4.78, 5) is 17.3. The van der Waals surface area contributed by atoms with E-state index in [0.717, 1.165) is 6.33 Å². The van der Waals surface area contributed by atoms with Crippen LogP contribution in [0.1, 0.15) is 13.3 Å². The van der Waals surface area contributed by atoms with Crippen LogP contribution in [0.3, 0.4) is 0 Å². The second-order valence-corrected chi connectivity index (χ2v) is 3.16. The summed E-state index contributed by atoms with van der Waals surface area (Å²) in [5.74, 6) is -0.182. The molecule has 0 spiro atoms. The van der Waals surface area contributed by atoms with E-state index in [-0.39, 0.29) is 23.9 Å². The second-order valence-electron chi connectivity index (χ2n) is 3.16. The number of nitro groups is 1. The van der Waals surface area contributed by atoms with Gasteiger partial charge in [0.2, 0.25) is 11.6 Å². The molecule has 0 saturated heterocycles. The van der Waals surface area contributed by atoms with Crippen molar-refractivity contribution in [2.24, 2.45) is 0 Å². The molecular formula is C8H13N5O3. The Morgan fingerprint density at radius 3 is 2.94 bits per heavy atom. The van der Waals surface area contributed by atoms with Crippen molar-refractivity contribution >= 4 is 17.3 Å². The van der Waals surface area contributed by atoms with Crippen LogP contribution in [0.4, 0.5) is 17.3 Å². The Balaban J connectivity index is 2.87. The maximum absolute atomic E-state index is 10.7. The Morgan fingerprint density at radius 2 is 2.38 bits per heavy atom. The molecule has 0 saturated carbocycles. The van der Waals surface area contributed by atoms with E-state index in [1.807, 2.05) is 0 Å². The maximum Gasteiger partial charge on any atom is 0.352 e. The molecule has 1 aromatic rings. The van der Waals surface area contributed by atoms with Crippen LogP contribution in [0, 0.1) is 10.1 Å². The average molecular weight is 227 g/mol. The lowest BCUT2D eigenvalue weighted by Gasteiger charge is -2.10. The highest BCUT2D eigenvalue weighted by atomic mass is 16.6. The molecule has 1 rings (SSSR count). The highest BCUT2D eigenvalue weighted by molar-refractivity contribution is 5.67.